The molecule has 0 aliphatic carbocycles. The van der Waals surface area contributed by atoms with Crippen LogP contribution < -0.4 is 5.32 Å². The standard InChI is InChI=1S/C12H19NO3/c1-10(6-7-14)9-13-12(15)5-4-11-3-2-8-16-11/h2-3,8,10,14H,4-7,9H2,1H3,(H,13,15). The lowest BCUT2D eigenvalue weighted by atomic mass is 10.1. The number of carbonyl (C=O) groups is 1. The predicted octanol–water partition coefficient (Wildman–Crippen LogP) is 1.35. The Morgan fingerprint density at radius 2 is 2.44 bits per heavy atom. The highest BCUT2D eigenvalue weighted by Crippen LogP contribution is 2.03. The maximum absolute atomic E-state index is 11.4. The number of aliphatic hydroxyl groups excluding tert-OH is 1. The Kier molecular flexibility index (Phi) is 5.64. The number of aryl methyl sites for hydroxylation is 1. The molecule has 16 heavy (non-hydrogen) atoms. The number of hydrogen-bond acceptors (Lipinski definition) is 3. The fourth-order valence-corrected chi connectivity index (χ4v) is 1.39. The summed E-state index contributed by atoms with van der Waals surface area (Å²) in [6, 6.07) is 3.68. The molecular formula is C12H19NO3. The van der Waals surface area contributed by atoms with Gasteiger partial charge in [-0.15, -0.1) is 0 Å². The van der Waals surface area contributed by atoms with E-state index in [1.54, 1.807) is 6.26 Å². The summed E-state index contributed by atoms with van der Waals surface area (Å²) in [5.74, 6) is 1.18. The first-order valence-corrected chi connectivity index (χ1v) is 5.62. The lowest BCUT2D eigenvalue weighted by Gasteiger charge is -2.10. The first kappa shape index (κ1) is 12.8. The molecule has 0 aromatic carbocycles. The molecule has 1 aromatic rings. The average molecular weight is 225 g/mol. The SMILES string of the molecule is CC(CCO)CNC(=O)CCc1ccco1. The fraction of sp³-hybridized carbons (Fsp3) is 0.583. The lowest BCUT2D eigenvalue weighted by Crippen LogP contribution is -2.28. The van der Waals surface area contributed by atoms with Crippen LogP contribution in [-0.2, 0) is 11.2 Å². The van der Waals surface area contributed by atoms with Gasteiger partial charge in [0.15, 0.2) is 0 Å². The van der Waals surface area contributed by atoms with Crippen molar-refractivity contribution in [2.45, 2.75) is 26.2 Å². The van der Waals surface area contributed by atoms with Crippen LogP contribution in [0.1, 0.15) is 25.5 Å². The van der Waals surface area contributed by atoms with E-state index in [1.165, 1.54) is 0 Å². The van der Waals surface area contributed by atoms with Crippen molar-refractivity contribution in [3.05, 3.63) is 24.2 Å². The van der Waals surface area contributed by atoms with Gasteiger partial charge < -0.3 is 14.8 Å². The van der Waals surface area contributed by atoms with Gasteiger partial charge in [0.1, 0.15) is 5.76 Å². The third-order valence-corrected chi connectivity index (χ3v) is 2.45. The molecule has 1 atom stereocenters. The van der Waals surface area contributed by atoms with E-state index in [0.717, 1.165) is 12.2 Å². The summed E-state index contributed by atoms with van der Waals surface area (Å²) in [6.07, 6.45) is 3.40. The van der Waals surface area contributed by atoms with Crippen molar-refractivity contribution >= 4 is 5.91 Å². The number of nitrogens with one attached hydrogen (secondary N) is 1. The second-order valence-corrected chi connectivity index (χ2v) is 4.00. The number of aliphatic hydroxyl groups is 1. The molecule has 1 heterocycles. The van der Waals surface area contributed by atoms with Crippen LogP contribution >= 0.6 is 0 Å². The molecule has 1 rings (SSSR count). The van der Waals surface area contributed by atoms with Gasteiger partial charge in [0.05, 0.1) is 6.26 Å². The van der Waals surface area contributed by atoms with Crippen molar-refractivity contribution in [1.82, 2.24) is 5.32 Å². The molecular weight excluding hydrogens is 206 g/mol. The van der Waals surface area contributed by atoms with E-state index in [9.17, 15) is 4.79 Å². The van der Waals surface area contributed by atoms with Crippen LogP contribution in [0.5, 0.6) is 0 Å². The quantitative estimate of drug-likeness (QED) is 0.736. The zero-order chi connectivity index (χ0) is 11.8. The minimum Gasteiger partial charge on any atom is -0.469 e. The fourth-order valence-electron chi connectivity index (χ4n) is 1.39. The van der Waals surface area contributed by atoms with E-state index in [1.807, 2.05) is 19.1 Å². The third kappa shape index (κ3) is 4.98. The second kappa shape index (κ2) is 7.06. The van der Waals surface area contributed by atoms with Crippen LogP contribution in [-0.4, -0.2) is 24.2 Å². The highest BCUT2D eigenvalue weighted by Gasteiger charge is 2.06. The summed E-state index contributed by atoms with van der Waals surface area (Å²) in [4.78, 5) is 11.4. The van der Waals surface area contributed by atoms with Gasteiger partial charge in [0, 0.05) is 26.0 Å². The number of amides is 1. The summed E-state index contributed by atoms with van der Waals surface area (Å²) < 4.78 is 5.13. The Morgan fingerprint density at radius 1 is 1.62 bits per heavy atom. The Balaban J connectivity index is 2.11. The molecule has 0 aliphatic rings. The van der Waals surface area contributed by atoms with Crippen molar-refractivity contribution in [3.63, 3.8) is 0 Å². The largest absolute Gasteiger partial charge is 0.469 e. The highest BCUT2D eigenvalue weighted by atomic mass is 16.3. The lowest BCUT2D eigenvalue weighted by molar-refractivity contribution is -0.121. The molecule has 0 aliphatic heterocycles. The maximum Gasteiger partial charge on any atom is 0.220 e. The maximum atomic E-state index is 11.4. The first-order chi connectivity index (χ1) is 7.72. The van der Waals surface area contributed by atoms with Gasteiger partial charge in [-0.1, -0.05) is 6.92 Å². The summed E-state index contributed by atoms with van der Waals surface area (Å²) in [5.41, 5.74) is 0. The van der Waals surface area contributed by atoms with Gasteiger partial charge >= 0.3 is 0 Å². The zero-order valence-electron chi connectivity index (χ0n) is 9.61. The summed E-state index contributed by atoms with van der Waals surface area (Å²) in [5, 5.41) is 11.5. The van der Waals surface area contributed by atoms with Gasteiger partial charge in [-0.3, -0.25) is 4.79 Å². The van der Waals surface area contributed by atoms with Gasteiger partial charge in [-0.25, -0.2) is 0 Å². The molecule has 4 heteroatoms. The van der Waals surface area contributed by atoms with Gasteiger partial charge in [0.25, 0.3) is 0 Å². The number of hydrogen-bond donors (Lipinski definition) is 2. The van der Waals surface area contributed by atoms with Crippen LogP contribution in [0.3, 0.4) is 0 Å². The van der Waals surface area contributed by atoms with Crippen molar-refractivity contribution in [2.75, 3.05) is 13.2 Å². The van der Waals surface area contributed by atoms with Gasteiger partial charge in [-0.05, 0) is 24.5 Å². The zero-order valence-corrected chi connectivity index (χ0v) is 9.61. The van der Waals surface area contributed by atoms with Gasteiger partial charge in [-0.2, -0.15) is 0 Å². The van der Waals surface area contributed by atoms with Crippen LogP contribution in [0.4, 0.5) is 0 Å². The molecule has 4 nitrogen and oxygen atoms in total. The van der Waals surface area contributed by atoms with E-state index < -0.39 is 0 Å². The van der Waals surface area contributed by atoms with Crippen LogP contribution in [0.25, 0.3) is 0 Å². The van der Waals surface area contributed by atoms with E-state index in [4.69, 9.17) is 9.52 Å². The Labute approximate surface area is 95.7 Å². The normalized spacial score (nSPS) is 12.4. The van der Waals surface area contributed by atoms with Crippen LogP contribution in [0, 0.1) is 5.92 Å². The summed E-state index contributed by atoms with van der Waals surface area (Å²) in [7, 11) is 0. The van der Waals surface area contributed by atoms with Gasteiger partial charge in [0.2, 0.25) is 5.91 Å². The topological polar surface area (TPSA) is 62.5 Å². The third-order valence-electron chi connectivity index (χ3n) is 2.45. The monoisotopic (exact) mass is 225 g/mol. The highest BCUT2D eigenvalue weighted by molar-refractivity contribution is 5.76. The van der Waals surface area contributed by atoms with Crippen molar-refractivity contribution in [2.24, 2.45) is 5.92 Å². The Morgan fingerprint density at radius 3 is 3.06 bits per heavy atom. The smallest absolute Gasteiger partial charge is 0.220 e. The molecule has 0 fully saturated rings. The molecule has 2 N–H and O–H groups in total. The molecule has 1 amide bonds. The average Bonchev–Trinajstić information content (AvgIpc) is 2.77. The molecule has 0 spiro atoms. The number of carbonyl (C=O) groups excluding carboxylic acids is 1. The number of rotatable bonds is 7. The van der Waals surface area contributed by atoms with Crippen molar-refractivity contribution < 1.29 is 14.3 Å². The predicted molar refractivity (Wildman–Crippen MR) is 60.9 cm³/mol. The molecule has 0 saturated heterocycles. The Bertz CT molecular complexity index is 295. The second-order valence-electron chi connectivity index (χ2n) is 4.00. The van der Waals surface area contributed by atoms with E-state index >= 15 is 0 Å². The first-order valence-electron chi connectivity index (χ1n) is 5.62. The van der Waals surface area contributed by atoms with E-state index in [0.29, 0.717) is 25.3 Å². The van der Waals surface area contributed by atoms with Crippen molar-refractivity contribution in [1.29, 1.82) is 0 Å². The Hall–Kier alpha value is -1.29. The summed E-state index contributed by atoms with van der Waals surface area (Å²) >= 11 is 0. The minimum absolute atomic E-state index is 0.0289. The molecule has 1 aromatic heterocycles. The van der Waals surface area contributed by atoms with Crippen molar-refractivity contribution in [3.8, 4) is 0 Å². The molecule has 0 saturated carbocycles. The number of furan rings is 1. The van der Waals surface area contributed by atoms with Crippen LogP contribution in [0.2, 0.25) is 0 Å². The van der Waals surface area contributed by atoms with E-state index in [2.05, 4.69) is 5.32 Å². The minimum atomic E-state index is 0.0289. The van der Waals surface area contributed by atoms with E-state index in [-0.39, 0.29) is 12.5 Å². The van der Waals surface area contributed by atoms with Crippen LogP contribution in [0.15, 0.2) is 22.8 Å². The molecule has 0 bridgehead atoms. The molecule has 90 valence electrons. The molecule has 0 radical (unpaired) electrons. The summed E-state index contributed by atoms with van der Waals surface area (Å²) in [6.45, 7) is 2.80. The molecule has 1 unspecified atom stereocenters.